The number of nitrogens with zero attached hydrogens (tertiary/aromatic N) is 1. The van der Waals surface area contributed by atoms with Crippen LogP contribution in [0.1, 0.15) is 13.3 Å². The van der Waals surface area contributed by atoms with Gasteiger partial charge in [0.2, 0.25) is 0 Å². The number of hydrogen-bond donors (Lipinski definition) is 1. The molecule has 0 saturated carbocycles. The molecule has 0 aromatic heterocycles. The summed E-state index contributed by atoms with van der Waals surface area (Å²) in [7, 11) is 0. The van der Waals surface area contributed by atoms with Crippen molar-refractivity contribution >= 4 is 6.09 Å². The number of hydrogen-bond acceptors (Lipinski definition) is 3. The molecular formula is C8H13NO3. The minimum Gasteiger partial charge on any atom is -0.442 e. The van der Waals surface area contributed by atoms with Crippen LogP contribution in [-0.2, 0) is 4.74 Å². The van der Waals surface area contributed by atoms with Crippen molar-refractivity contribution < 1.29 is 14.6 Å². The highest BCUT2D eigenvalue weighted by Crippen LogP contribution is 2.16. The zero-order valence-corrected chi connectivity index (χ0v) is 7.06. The van der Waals surface area contributed by atoms with Crippen molar-refractivity contribution in [1.29, 1.82) is 0 Å². The number of cyclic esters (lactones) is 1. The Morgan fingerprint density at radius 1 is 1.83 bits per heavy atom. The molecule has 1 amide bonds. The lowest BCUT2D eigenvalue weighted by Gasteiger charge is -2.16. The minimum absolute atomic E-state index is 0.428. The van der Waals surface area contributed by atoms with Crippen LogP contribution in [0.2, 0.25) is 0 Å². The predicted molar refractivity (Wildman–Crippen MR) is 43.5 cm³/mol. The van der Waals surface area contributed by atoms with Crippen LogP contribution < -0.4 is 0 Å². The van der Waals surface area contributed by atoms with Gasteiger partial charge >= 0.3 is 6.09 Å². The number of amides is 1. The van der Waals surface area contributed by atoms with Crippen molar-refractivity contribution in [3.05, 3.63) is 12.7 Å². The van der Waals surface area contributed by atoms with Gasteiger partial charge in [-0.2, -0.15) is 0 Å². The van der Waals surface area contributed by atoms with E-state index in [2.05, 4.69) is 6.58 Å². The molecule has 0 bridgehead atoms. The standard InChI is InChI=1S/C8H13NO3/c1-3-4-5-9-7(10)6(2)12-8(9)11/h3,6-7,10H,1,4-5H2,2H3. The fourth-order valence-corrected chi connectivity index (χ4v) is 1.10. The molecule has 0 aromatic carbocycles. The predicted octanol–water partition coefficient (Wildman–Crippen LogP) is 0.722. The zero-order valence-electron chi connectivity index (χ0n) is 7.06. The van der Waals surface area contributed by atoms with Crippen molar-refractivity contribution in [2.75, 3.05) is 6.54 Å². The molecule has 4 nitrogen and oxygen atoms in total. The van der Waals surface area contributed by atoms with E-state index in [0.717, 1.165) is 0 Å². The normalized spacial score (nSPS) is 28.8. The molecule has 0 aliphatic carbocycles. The van der Waals surface area contributed by atoms with Crippen LogP contribution in [0, 0.1) is 0 Å². The maximum absolute atomic E-state index is 11.0. The summed E-state index contributed by atoms with van der Waals surface area (Å²) in [5.41, 5.74) is 0. The highest BCUT2D eigenvalue weighted by atomic mass is 16.6. The van der Waals surface area contributed by atoms with Gasteiger partial charge in [0.25, 0.3) is 0 Å². The van der Waals surface area contributed by atoms with Crippen LogP contribution in [0.5, 0.6) is 0 Å². The van der Waals surface area contributed by atoms with Gasteiger partial charge in [-0.1, -0.05) is 6.08 Å². The second-order valence-electron chi connectivity index (χ2n) is 2.77. The first-order chi connectivity index (χ1) is 5.66. The Morgan fingerprint density at radius 3 is 2.92 bits per heavy atom. The van der Waals surface area contributed by atoms with Gasteiger partial charge in [-0.15, -0.1) is 6.58 Å². The topological polar surface area (TPSA) is 49.8 Å². The van der Waals surface area contributed by atoms with Gasteiger partial charge in [0.05, 0.1) is 0 Å². The van der Waals surface area contributed by atoms with E-state index in [1.54, 1.807) is 13.0 Å². The summed E-state index contributed by atoms with van der Waals surface area (Å²) in [6.45, 7) is 5.66. The molecule has 0 radical (unpaired) electrons. The Morgan fingerprint density at radius 2 is 2.50 bits per heavy atom. The van der Waals surface area contributed by atoms with Crippen LogP contribution in [-0.4, -0.2) is 35.0 Å². The number of carbonyl (C=O) groups excluding carboxylic acids is 1. The molecule has 1 fully saturated rings. The van der Waals surface area contributed by atoms with Crippen LogP contribution in [0.25, 0.3) is 0 Å². The Hall–Kier alpha value is -1.03. The Kier molecular flexibility index (Phi) is 2.70. The van der Waals surface area contributed by atoms with Crippen molar-refractivity contribution in [3.8, 4) is 0 Å². The molecule has 1 saturated heterocycles. The average Bonchev–Trinajstić information content (AvgIpc) is 2.25. The third-order valence-electron chi connectivity index (χ3n) is 1.83. The summed E-state index contributed by atoms with van der Waals surface area (Å²) in [6.07, 6.45) is 0.679. The van der Waals surface area contributed by atoms with Crippen LogP contribution >= 0.6 is 0 Å². The van der Waals surface area contributed by atoms with Crippen LogP contribution in [0.15, 0.2) is 12.7 Å². The molecule has 68 valence electrons. The summed E-state index contributed by atoms with van der Waals surface area (Å²) in [5.74, 6) is 0. The van der Waals surface area contributed by atoms with Gasteiger partial charge in [0, 0.05) is 6.54 Å². The lowest BCUT2D eigenvalue weighted by molar-refractivity contribution is 0.0233. The molecule has 1 aliphatic heterocycles. The van der Waals surface area contributed by atoms with E-state index in [9.17, 15) is 9.90 Å². The van der Waals surface area contributed by atoms with Crippen molar-refractivity contribution in [3.63, 3.8) is 0 Å². The first kappa shape index (κ1) is 9.06. The molecule has 0 spiro atoms. The third kappa shape index (κ3) is 1.58. The monoisotopic (exact) mass is 171 g/mol. The SMILES string of the molecule is C=CCCN1C(=O)OC(C)C1O. The molecule has 2 atom stereocenters. The van der Waals surface area contributed by atoms with E-state index in [4.69, 9.17) is 4.74 Å². The smallest absolute Gasteiger partial charge is 0.412 e. The van der Waals surface area contributed by atoms with E-state index in [-0.39, 0.29) is 0 Å². The van der Waals surface area contributed by atoms with Crippen LogP contribution in [0.4, 0.5) is 4.79 Å². The molecule has 4 heteroatoms. The van der Waals surface area contributed by atoms with Gasteiger partial charge in [-0.3, -0.25) is 4.90 Å². The highest BCUT2D eigenvalue weighted by molar-refractivity contribution is 5.70. The fourth-order valence-electron chi connectivity index (χ4n) is 1.10. The molecular weight excluding hydrogens is 158 g/mol. The van der Waals surface area contributed by atoms with Gasteiger partial charge in [-0.05, 0) is 13.3 Å². The van der Waals surface area contributed by atoms with Crippen molar-refractivity contribution in [2.24, 2.45) is 0 Å². The number of aliphatic hydroxyl groups is 1. The Bertz CT molecular complexity index is 193. The van der Waals surface area contributed by atoms with E-state index >= 15 is 0 Å². The number of aliphatic hydroxyl groups excluding tert-OH is 1. The van der Waals surface area contributed by atoms with E-state index in [0.29, 0.717) is 13.0 Å². The zero-order chi connectivity index (χ0) is 9.14. The molecule has 2 unspecified atom stereocenters. The maximum atomic E-state index is 11.0. The summed E-state index contributed by atoms with van der Waals surface area (Å²) in [6, 6.07) is 0. The van der Waals surface area contributed by atoms with E-state index in [1.807, 2.05) is 0 Å². The summed E-state index contributed by atoms with van der Waals surface area (Å²) >= 11 is 0. The molecule has 1 aliphatic rings. The molecule has 1 heterocycles. The number of ether oxygens (including phenoxy) is 1. The van der Waals surface area contributed by atoms with Crippen LogP contribution in [0.3, 0.4) is 0 Å². The fraction of sp³-hybridized carbons (Fsp3) is 0.625. The van der Waals surface area contributed by atoms with Crippen molar-refractivity contribution in [2.45, 2.75) is 25.7 Å². The first-order valence-electron chi connectivity index (χ1n) is 3.93. The number of carbonyl (C=O) groups is 1. The third-order valence-corrected chi connectivity index (χ3v) is 1.83. The first-order valence-corrected chi connectivity index (χ1v) is 3.93. The molecule has 1 N–H and O–H groups in total. The van der Waals surface area contributed by atoms with Gasteiger partial charge in [-0.25, -0.2) is 4.79 Å². The van der Waals surface area contributed by atoms with E-state index < -0.39 is 18.4 Å². The summed E-state index contributed by atoms with van der Waals surface area (Å²) < 4.78 is 4.79. The average molecular weight is 171 g/mol. The molecule has 12 heavy (non-hydrogen) atoms. The van der Waals surface area contributed by atoms with Gasteiger partial charge in [0.15, 0.2) is 6.23 Å². The maximum Gasteiger partial charge on any atom is 0.412 e. The minimum atomic E-state index is -0.808. The lowest BCUT2D eigenvalue weighted by Crippen LogP contribution is -2.35. The Labute approximate surface area is 71.4 Å². The molecule has 0 aromatic rings. The molecule has 1 rings (SSSR count). The second kappa shape index (κ2) is 3.58. The highest BCUT2D eigenvalue weighted by Gasteiger charge is 2.36. The second-order valence-corrected chi connectivity index (χ2v) is 2.77. The van der Waals surface area contributed by atoms with E-state index in [1.165, 1.54) is 4.90 Å². The number of rotatable bonds is 3. The lowest BCUT2D eigenvalue weighted by atomic mass is 10.3. The largest absolute Gasteiger partial charge is 0.442 e. The summed E-state index contributed by atoms with van der Waals surface area (Å²) in [5, 5.41) is 9.40. The van der Waals surface area contributed by atoms with Gasteiger partial charge in [0.1, 0.15) is 6.10 Å². The summed E-state index contributed by atoms with van der Waals surface area (Å²) in [4.78, 5) is 12.3. The quantitative estimate of drug-likeness (QED) is 0.636. The Balaban J connectivity index is 2.51. The van der Waals surface area contributed by atoms with Gasteiger partial charge < -0.3 is 9.84 Å². The van der Waals surface area contributed by atoms with Crippen molar-refractivity contribution in [1.82, 2.24) is 4.90 Å².